The number of nitrogens with one attached hydrogen (secondary N) is 1. The number of benzene rings is 1. The zero-order chi connectivity index (χ0) is 14.7. The molecular formula is C13H18N4O3. The Hall–Kier alpha value is -2.15. The van der Waals surface area contributed by atoms with Crippen molar-refractivity contribution in [1.29, 1.82) is 0 Å². The Balaban J connectivity index is 2.28. The quantitative estimate of drug-likeness (QED) is 0.496. The number of hydrogen-bond donors (Lipinski definition) is 2. The number of nitro benzene ring substituents is 1. The standard InChI is InChI=1S/C13H18N4O3/c1-2-9-5-6-16(8-9)13(18)11-7-10(17(19)20)3-4-12(11)15-14/h3-4,7,9,15H,2,5-6,8,14H2,1H3. The number of rotatable bonds is 4. The number of nitrogen functional groups attached to an aromatic ring is 1. The highest BCUT2D eigenvalue weighted by atomic mass is 16.6. The second-order valence-corrected chi connectivity index (χ2v) is 4.95. The number of nitrogens with two attached hydrogens (primary N) is 1. The third kappa shape index (κ3) is 2.72. The van der Waals surface area contributed by atoms with E-state index in [0.29, 0.717) is 24.7 Å². The van der Waals surface area contributed by atoms with Crippen LogP contribution >= 0.6 is 0 Å². The third-order valence-electron chi connectivity index (χ3n) is 3.75. The maximum Gasteiger partial charge on any atom is 0.270 e. The van der Waals surface area contributed by atoms with E-state index in [-0.39, 0.29) is 17.2 Å². The summed E-state index contributed by atoms with van der Waals surface area (Å²) in [7, 11) is 0. The van der Waals surface area contributed by atoms with Crippen molar-refractivity contribution in [3.63, 3.8) is 0 Å². The number of amides is 1. The molecule has 1 atom stereocenters. The number of nitro groups is 1. The summed E-state index contributed by atoms with van der Waals surface area (Å²) in [4.78, 5) is 24.5. The van der Waals surface area contributed by atoms with Crippen LogP contribution in [0.4, 0.5) is 11.4 Å². The minimum Gasteiger partial charge on any atom is -0.338 e. The monoisotopic (exact) mass is 278 g/mol. The van der Waals surface area contributed by atoms with Crippen LogP contribution in [0.5, 0.6) is 0 Å². The highest BCUT2D eigenvalue weighted by Crippen LogP contribution is 2.26. The van der Waals surface area contributed by atoms with Crippen molar-refractivity contribution in [2.75, 3.05) is 18.5 Å². The van der Waals surface area contributed by atoms with Crippen LogP contribution < -0.4 is 11.3 Å². The molecule has 0 bridgehead atoms. The lowest BCUT2D eigenvalue weighted by atomic mass is 10.1. The Labute approximate surface area is 116 Å². The molecule has 7 nitrogen and oxygen atoms in total. The van der Waals surface area contributed by atoms with Crippen molar-refractivity contribution in [3.05, 3.63) is 33.9 Å². The van der Waals surface area contributed by atoms with Gasteiger partial charge in [-0.3, -0.25) is 20.8 Å². The molecule has 2 rings (SSSR count). The number of non-ortho nitro benzene ring substituents is 1. The van der Waals surface area contributed by atoms with Gasteiger partial charge in [-0.2, -0.15) is 0 Å². The number of nitrogens with zero attached hydrogens (tertiary/aromatic N) is 2. The smallest absolute Gasteiger partial charge is 0.270 e. The lowest BCUT2D eigenvalue weighted by Gasteiger charge is -2.18. The van der Waals surface area contributed by atoms with Gasteiger partial charge in [-0.15, -0.1) is 0 Å². The van der Waals surface area contributed by atoms with Gasteiger partial charge in [0.1, 0.15) is 0 Å². The SMILES string of the molecule is CCC1CCN(C(=O)c2cc([N+](=O)[O-])ccc2NN)C1. The van der Waals surface area contributed by atoms with E-state index < -0.39 is 4.92 Å². The predicted octanol–water partition coefficient (Wildman–Crippen LogP) is 1.75. The highest BCUT2D eigenvalue weighted by molar-refractivity contribution is 6.00. The van der Waals surface area contributed by atoms with Gasteiger partial charge in [0.25, 0.3) is 11.6 Å². The van der Waals surface area contributed by atoms with Gasteiger partial charge < -0.3 is 10.3 Å². The van der Waals surface area contributed by atoms with Crippen molar-refractivity contribution >= 4 is 17.3 Å². The van der Waals surface area contributed by atoms with Crippen molar-refractivity contribution in [2.24, 2.45) is 11.8 Å². The molecule has 20 heavy (non-hydrogen) atoms. The Morgan fingerprint density at radius 1 is 1.60 bits per heavy atom. The number of hydrogen-bond acceptors (Lipinski definition) is 5. The molecule has 0 radical (unpaired) electrons. The first-order valence-corrected chi connectivity index (χ1v) is 6.61. The molecule has 0 aliphatic carbocycles. The minimum atomic E-state index is -0.518. The zero-order valence-corrected chi connectivity index (χ0v) is 11.3. The molecule has 1 fully saturated rings. The zero-order valence-electron chi connectivity index (χ0n) is 11.3. The van der Waals surface area contributed by atoms with E-state index >= 15 is 0 Å². The van der Waals surface area contributed by atoms with Crippen LogP contribution in [-0.4, -0.2) is 28.8 Å². The maximum atomic E-state index is 12.5. The van der Waals surface area contributed by atoms with Crippen LogP contribution in [0.3, 0.4) is 0 Å². The van der Waals surface area contributed by atoms with Gasteiger partial charge in [0, 0.05) is 25.2 Å². The third-order valence-corrected chi connectivity index (χ3v) is 3.75. The molecule has 1 heterocycles. The molecule has 3 N–H and O–H groups in total. The summed E-state index contributed by atoms with van der Waals surface area (Å²) in [5.41, 5.74) is 2.96. The first kappa shape index (κ1) is 14.3. The topological polar surface area (TPSA) is 102 Å². The summed E-state index contributed by atoms with van der Waals surface area (Å²) < 4.78 is 0. The first-order valence-electron chi connectivity index (χ1n) is 6.61. The van der Waals surface area contributed by atoms with E-state index in [2.05, 4.69) is 12.3 Å². The summed E-state index contributed by atoms with van der Waals surface area (Å²) >= 11 is 0. The lowest BCUT2D eigenvalue weighted by molar-refractivity contribution is -0.384. The fourth-order valence-electron chi connectivity index (χ4n) is 2.47. The van der Waals surface area contributed by atoms with E-state index in [0.717, 1.165) is 12.8 Å². The van der Waals surface area contributed by atoms with E-state index in [4.69, 9.17) is 5.84 Å². The van der Waals surface area contributed by atoms with Crippen molar-refractivity contribution in [1.82, 2.24) is 4.90 Å². The molecule has 1 aromatic carbocycles. The number of carbonyl (C=O) groups is 1. The van der Waals surface area contributed by atoms with Crippen LogP contribution in [0.15, 0.2) is 18.2 Å². The molecule has 1 aromatic rings. The van der Waals surface area contributed by atoms with Gasteiger partial charge in [0.05, 0.1) is 16.2 Å². The van der Waals surface area contributed by atoms with Crippen LogP contribution in [0.25, 0.3) is 0 Å². The molecule has 1 saturated heterocycles. The second-order valence-electron chi connectivity index (χ2n) is 4.95. The normalized spacial score (nSPS) is 18.1. The highest BCUT2D eigenvalue weighted by Gasteiger charge is 2.28. The first-order chi connectivity index (χ1) is 9.56. The number of anilines is 1. The van der Waals surface area contributed by atoms with Gasteiger partial charge in [-0.1, -0.05) is 13.3 Å². The molecule has 1 aliphatic heterocycles. The van der Waals surface area contributed by atoms with E-state index in [1.165, 1.54) is 18.2 Å². The average Bonchev–Trinajstić information content (AvgIpc) is 2.94. The van der Waals surface area contributed by atoms with E-state index in [1.54, 1.807) is 4.90 Å². The molecule has 0 saturated carbocycles. The molecule has 7 heteroatoms. The Morgan fingerprint density at radius 2 is 2.35 bits per heavy atom. The van der Waals surface area contributed by atoms with Crippen LogP contribution in [0, 0.1) is 16.0 Å². The molecule has 0 aromatic heterocycles. The van der Waals surface area contributed by atoms with E-state index in [9.17, 15) is 14.9 Å². The van der Waals surface area contributed by atoms with Crippen LogP contribution in [-0.2, 0) is 0 Å². The van der Waals surface area contributed by atoms with Crippen molar-refractivity contribution in [2.45, 2.75) is 19.8 Å². The van der Waals surface area contributed by atoms with Crippen LogP contribution in [0.2, 0.25) is 0 Å². The Bertz CT molecular complexity index is 532. The molecule has 1 amide bonds. The minimum absolute atomic E-state index is 0.112. The van der Waals surface area contributed by atoms with Crippen molar-refractivity contribution < 1.29 is 9.72 Å². The van der Waals surface area contributed by atoms with Crippen LogP contribution in [0.1, 0.15) is 30.1 Å². The molecule has 1 unspecified atom stereocenters. The lowest BCUT2D eigenvalue weighted by Crippen LogP contribution is -2.29. The summed E-state index contributed by atoms with van der Waals surface area (Å²) in [5, 5.41) is 10.8. The van der Waals surface area contributed by atoms with Crippen molar-refractivity contribution in [3.8, 4) is 0 Å². The number of likely N-dealkylation sites (tertiary alicyclic amines) is 1. The Kier molecular flexibility index (Phi) is 4.19. The maximum absolute atomic E-state index is 12.5. The average molecular weight is 278 g/mol. The summed E-state index contributed by atoms with van der Waals surface area (Å²) in [5.74, 6) is 5.67. The second kappa shape index (κ2) is 5.87. The van der Waals surface area contributed by atoms with Gasteiger partial charge in [-0.05, 0) is 18.4 Å². The molecular weight excluding hydrogens is 260 g/mol. The molecule has 0 spiro atoms. The van der Waals surface area contributed by atoms with Gasteiger partial charge in [-0.25, -0.2) is 0 Å². The fraction of sp³-hybridized carbons (Fsp3) is 0.462. The number of carbonyl (C=O) groups excluding carboxylic acids is 1. The summed E-state index contributed by atoms with van der Waals surface area (Å²) in [6.07, 6.45) is 2.00. The van der Waals surface area contributed by atoms with Gasteiger partial charge in [0.15, 0.2) is 0 Å². The predicted molar refractivity (Wildman–Crippen MR) is 75.2 cm³/mol. The molecule has 108 valence electrons. The largest absolute Gasteiger partial charge is 0.338 e. The molecule has 1 aliphatic rings. The number of hydrazine groups is 1. The summed E-state index contributed by atoms with van der Waals surface area (Å²) in [6.45, 7) is 3.48. The Morgan fingerprint density at radius 3 is 2.90 bits per heavy atom. The van der Waals surface area contributed by atoms with Gasteiger partial charge in [0.2, 0.25) is 0 Å². The summed E-state index contributed by atoms with van der Waals surface area (Å²) in [6, 6.07) is 4.06. The van der Waals surface area contributed by atoms with Gasteiger partial charge >= 0.3 is 0 Å². The van der Waals surface area contributed by atoms with E-state index in [1.807, 2.05) is 0 Å². The fourth-order valence-corrected chi connectivity index (χ4v) is 2.47.